The number of hydrogen-bond donors (Lipinski definition) is 1. The minimum absolute atomic E-state index is 0.222. The van der Waals surface area contributed by atoms with Gasteiger partial charge in [0.1, 0.15) is 5.82 Å². The summed E-state index contributed by atoms with van der Waals surface area (Å²) in [6.45, 7) is 1.08. The largest absolute Gasteiger partial charge is 0.360 e. The van der Waals surface area contributed by atoms with Gasteiger partial charge in [-0.2, -0.15) is 0 Å². The van der Waals surface area contributed by atoms with Crippen molar-refractivity contribution in [2.75, 3.05) is 0 Å². The van der Waals surface area contributed by atoms with Crippen LogP contribution >= 0.6 is 0 Å². The van der Waals surface area contributed by atoms with Gasteiger partial charge in [0.15, 0.2) is 5.78 Å². The quantitative estimate of drug-likeness (QED) is 0.452. The van der Waals surface area contributed by atoms with Crippen molar-refractivity contribution in [3.63, 3.8) is 0 Å². The van der Waals surface area contributed by atoms with Gasteiger partial charge >= 0.3 is 11.2 Å². The number of pyridine rings is 1. The first-order valence-electron chi connectivity index (χ1n) is 7.02. The van der Waals surface area contributed by atoms with Crippen LogP contribution < -0.4 is 5.56 Å². The number of carbonyl (C=O) groups is 1. The Hall–Kier alpha value is -3.29. The molecular weight excluding hydrogens is 317 g/mol. The Kier molecular flexibility index (Phi) is 3.72. The number of hydrogen-bond acceptors (Lipinski definition) is 4. The second-order valence-electron chi connectivity index (χ2n) is 5.35. The average Bonchev–Trinajstić information content (AvgIpc) is 2.92. The van der Waals surface area contributed by atoms with Crippen LogP contribution in [0.5, 0.6) is 0 Å². The molecule has 3 aromatic rings. The van der Waals surface area contributed by atoms with Crippen LogP contribution in [-0.2, 0) is 6.54 Å². The van der Waals surface area contributed by atoms with Gasteiger partial charge in [0.25, 0.3) is 0 Å². The first-order chi connectivity index (χ1) is 11.4. The third-order valence-electron chi connectivity index (χ3n) is 3.78. The molecule has 0 saturated carbocycles. The number of carbonyl (C=O) groups excluding carboxylic acids is 1. The van der Waals surface area contributed by atoms with Crippen molar-refractivity contribution < 1.29 is 14.1 Å². The van der Waals surface area contributed by atoms with E-state index in [9.17, 15) is 24.1 Å². The summed E-state index contributed by atoms with van der Waals surface area (Å²) in [5.41, 5.74) is -0.376. The van der Waals surface area contributed by atoms with Crippen molar-refractivity contribution in [1.29, 1.82) is 0 Å². The molecule has 2 heterocycles. The number of aryl methyl sites for hydroxylation is 1. The third-order valence-corrected chi connectivity index (χ3v) is 3.78. The Balaban J connectivity index is 2.01. The molecule has 3 rings (SSSR count). The monoisotopic (exact) mass is 329 g/mol. The Bertz CT molecular complexity index is 1040. The Labute approximate surface area is 134 Å². The molecule has 8 heteroatoms. The van der Waals surface area contributed by atoms with E-state index >= 15 is 0 Å². The molecule has 0 aliphatic rings. The fraction of sp³-hybridized carbons (Fsp3) is 0.125. The summed E-state index contributed by atoms with van der Waals surface area (Å²) in [5, 5.41) is 11.4. The van der Waals surface area contributed by atoms with E-state index in [1.165, 1.54) is 43.6 Å². The van der Waals surface area contributed by atoms with Crippen LogP contribution in [0.3, 0.4) is 0 Å². The minimum atomic E-state index is -0.848. The predicted octanol–water partition coefficient (Wildman–Crippen LogP) is 2.57. The van der Waals surface area contributed by atoms with E-state index < -0.39 is 27.8 Å². The summed E-state index contributed by atoms with van der Waals surface area (Å²) in [4.78, 5) is 37.7. The molecule has 0 fully saturated rings. The molecule has 0 saturated heterocycles. The average molecular weight is 329 g/mol. The number of Topliss-reactive ketones (excluding diaryl/α,β-unsaturated/α-hetero) is 1. The number of ketones is 1. The molecule has 122 valence electrons. The normalized spacial score (nSPS) is 10.9. The van der Waals surface area contributed by atoms with E-state index in [1.807, 2.05) is 0 Å². The second kappa shape index (κ2) is 5.73. The number of halogens is 1. The zero-order valence-electron chi connectivity index (χ0n) is 12.6. The Morgan fingerprint density at radius 2 is 2.12 bits per heavy atom. The molecule has 0 aliphatic heterocycles. The van der Waals surface area contributed by atoms with Gasteiger partial charge < -0.3 is 9.55 Å². The van der Waals surface area contributed by atoms with Crippen LogP contribution in [0.4, 0.5) is 10.1 Å². The molecule has 1 N–H and O–H groups in total. The molecule has 0 radical (unpaired) electrons. The maximum atomic E-state index is 13.4. The Morgan fingerprint density at radius 1 is 1.38 bits per heavy atom. The van der Waals surface area contributed by atoms with Gasteiger partial charge in [-0.15, -0.1) is 0 Å². The molecule has 24 heavy (non-hydrogen) atoms. The molecule has 0 amide bonds. The highest BCUT2D eigenvalue weighted by Gasteiger charge is 2.20. The zero-order valence-corrected chi connectivity index (χ0v) is 12.6. The lowest BCUT2D eigenvalue weighted by molar-refractivity contribution is -0.387. The lowest BCUT2D eigenvalue weighted by Crippen LogP contribution is -2.26. The molecule has 0 spiro atoms. The summed E-state index contributed by atoms with van der Waals surface area (Å²) in [7, 11) is 0. The van der Waals surface area contributed by atoms with E-state index in [2.05, 4.69) is 4.98 Å². The number of benzene rings is 1. The van der Waals surface area contributed by atoms with Crippen molar-refractivity contribution in [2.24, 2.45) is 0 Å². The maximum Gasteiger partial charge on any atom is 0.336 e. The van der Waals surface area contributed by atoms with Crippen LogP contribution in [0.15, 0.2) is 41.5 Å². The molecule has 2 aromatic heterocycles. The van der Waals surface area contributed by atoms with Gasteiger partial charge in [-0.05, 0) is 31.2 Å². The number of fused-ring (bicyclic) bond motifs is 1. The van der Waals surface area contributed by atoms with Crippen molar-refractivity contribution in [2.45, 2.75) is 13.5 Å². The van der Waals surface area contributed by atoms with Gasteiger partial charge in [-0.1, -0.05) is 0 Å². The van der Waals surface area contributed by atoms with Gasteiger partial charge in [0, 0.05) is 34.4 Å². The van der Waals surface area contributed by atoms with E-state index in [0.29, 0.717) is 10.9 Å². The summed E-state index contributed by atoms with van der Waals surface area (Å²) in [6.07, 6.45) is 2.76. The van der Waals surface area contributed by atoms with Gasteiger partial charge in [0.2, 0.25) is 0 Å². The van der Waals surface area contributed by atoms with Crippen LogP contribution in [-0.4, -0.2) is 20.3 Å². The second-order valence-corrected chi connectivity index (χ2v) is 5.35. The molecule has 0 aliphatic carbocycles. The lowest BCUT2D eigenvalue weighted by Gasteiger charge is -2.05. The highest BCUT2D eigenvalue weighted by molar-refractivity contribution is 6.07. The maximum absolute atomic E-state index is 13.4. The number of nitrogens with one attached hydrogen (secondary N) is 1. The number of nitro groups is 1. The van der Waals surface area contributed by atoms with Gasteiger partial charge in [-0.3, -0.25) is 19.7 Å². The topological polar surface area (TPSA) is 98.0 Å². The van der Waals surface area contributed by atoms with E-state index in [-0.39, 0.29) is 17.7 Å². The number of H-pyrrole nitrogens is 1. The first kappa shape index (κ1) is 15.6. The van der Waals surface area contributed by atoms with E-state index in [1.54, 1.807) is 0 Å². The molecule has 7 nitrogen and oxygen atoms in total. The van der Waals surface area contributed by atoms with Crippen LogP contribution in [0.25, 0.3) is 10.9 Å². The summed E-state index contributed by atoms with van der Waals surface area (Å²) in [5.74, 6) is -0.939. The lowest BCUT2D eigenvalue weighted by atomic mass is 10.1. The smallest absolute Gasteiger partial charge is 0.336 e. The SMILES string of the molecule is Cc1ccn(CC(=O)c2c[nH]c3ccc(F)cc23)c(=O)c1[N+](=O)[O-]. The van der Waals surface area contributed by atoms with Crippen molar-refractivity contribution in [1.82, 2.24) is 9.55 Å². The first-order valence-corrected chi connectivity index (χ1v) is 7.02. The number of rotatable bonds is 4. The summed E-state index contributed by atoms with van der Waals surface area (Å²) in [6, 6.07) is 5.40. The number of aromatic nitrogens is 2. The van der Waals surface area contributed by atoms with Crippen LogP contribution in [0.2, 0.25) is 0 Å². The van der Waals surface area contributed by atoms with Crippen molar-refractivity contribution in [3.05, 3.63) is 74.1 Å². The molecule has 0 bridgehead atoms. The highest BCUT2D eigenvalue weighted by Crippen LogP contribution is 2.20. The fourth-order valence-electron chi connectivity index (χ4n) is 2.56. The number of nitrogens with zero attached hydrogens (tertiary/aromatic N) is 2. The highest BCUT2D eigenvalue weighted by atomic mass is 19.1. The van der Waals surface area contributed by atoms with Crippen molar-refractivity contribution in [3.8, 4) is 0 Å². The zero-order chi connectivity index (χ0) is 17.4. The van der Waals surface area contributed by atoms with Crippen LogP contribution in [0, 0.1) is 22.9 Å². The van der Waals surface area contributed by atoms with Crippen molar-refractivity contribution >= 4 is 22.4 Å². The molecule has 0 atom stereocenters. The van der Waals surface area contributed by atoms with E-state index in [4.69, 9.17) is 0 Å². The minimum Gasteiger partial charge on any atom is -0.360 e. The Morgan fingerprint density at radius 3 is 2.83 bits per heavy atom. The van der Waals surface area contributed by atoms with E-state index in [0.717, 1.165) is 4.57 Å². The molecule has 0 unspecified atom stereocenters. The third kappa shape index (κ3) is 2.58. The predicted molar refractivity (Wildman–Crippen MR) is 84.7 cm³/mol. The molecular formula is C16H12FN3O4. The summed E-state index contributed by atoms with van der Waals surface area (Å²) >= 11 is 0. The number of aromatic amines is 1. The standard InChI is InChI=1S/C16H12FN3O4/c1-9-4-5-19(16(22)15(9)20(23)24)8-14(21)12-7-18-13-3-2-10(17)6-11(12)13/h2-7,18H,8H2,1H3. The fourth-order valence-corrected chi connectivity index (χ4v) is 2.56. The van der Waals surface area contributed by atoms with Gasteiger partial charge in [0.05, 0.1) is 11.5 Å². The summed E-state index contributed by atoms with van der Waals surface area (Å²) < 4.78 is 14.4. The van der Waals surface area contributed by atoms with Crippen LogP contribution in [0.1, 0.15) is 15.9 Å². The van der Waals surface area contributed by atoms with Gasteiger partial charge in [-0.25, -0.2) is 4.39 Å². The molecule has 1 aromatic carbocycles.